The van der Waals surface area contributed by atoms with Gasteiger partial charge in [-0.3, -0.25) is 25.3 Å². The summed E-state index contributed by atoms with van der Waals surface area (Å²) >= 11 is 0. The maximum atomic E-state index is 12.2. The molecule has 1 aliphatic carbocycles. The molecule has 0 bridgehead atoms. The lowest BCUT2D eigenvalue weighted by Gasteiger charge is -2.43. The molecule has 220 valence electrons. The van der Waals surface area contributed by atoms with Crippen LogP contribution in [0.1, 0.15) is 87.2 Å². The van der Waals surface area contributed by atoms with Gasteiger partial charge in [0.2, 0.25) is 5.95 Å². The number of nitrogens with one attached hydrogen (secondary N) is 3. The molecule has 0 radical (unpaired) electrons. The molecule has 3 heterocycles. The van der Waals surface area contributed by atoms with Gasteiger partial charge in [-0.1, -0.05) is 52.0 Å². The number of hydrogen-bond acceptors (Lipinski definition) is 7. The quantitative estimate of drug-likeness (QED) is 0.424. The Hall–Kier alpha value is -3.18. The summed E-state index contributed by atoms with van der Waals surface area (Å²) < 4.78 is 29.8. The number of anilines is 1. The summed E-state index contributed by atoms with van der Waals surface area (Å²) in [6.45, 7) is 12.0. The minimum Gasteiger partial charge on any atom is -0.378 e. The summed E-state index contributed by atoms with van der Waals surface area (Å²) in [5.41, 5.74) is 5.90. The van der Waals surface area contributed by atoms with Crippen LogP contribution in [0.4, 0.5) is 14.7 Å². The van der Waals surface area contributed by atoms with Gasteiger partial charge >= 0.3 is 12.3 Å². The number of hydrazine groups is 1. The first-order chi connectivity index (χ1) is 19.4. The molecule has 3 N–H and O–H groups in total. The van der Waals surface area contributed by atoms with Gasteiger partial charge in [0.15, 0.2) is 0 Å². The number of rotatable bonds is 7. The van der Waals surface area contributed by atoms with Crippen LogP contribution >= 0.6 is 0 Å². The molecule has 1 saturated carbocycles. The van der Waals surface area contributed by atoms with Gasteiger partial charge in [-0.15, -0.1) is 0 Å². The van der Waals surface area contributed by atoms with E-state index in [1.165, 1.54) is 36.4 Å². The van der Waals surface area contributed by atoms with Crippen LogP contribution < -0.4 is 16.2 Å². The van der Waals surface area contributed by atoms with Gasteiger partial charge < -0.3 is 10.1 Å². The van der Waals surface area contributed by atoms with Crippen LogP contribution in [0.15, 0.2) is 36.7 Å². The van der Waals surface area contributed by atoms with E-state index in [1.54, 1.807) is 5.43 Å². The minimum atomic E-state index is -3.22. The average molecular weight is 561 g/mol. The van der Waals surface area contributed by atoms with Gasteiger partial charge in [-0.05, 0) is 62.2 Å². The van der Waals surface area contributed by atoms with Crippen LogP contribution in [0.3, 0.4) is 0 Å². The highest BCUT2D eigenvalue weighted by molar-refractivity contribution is 5.95. The average Bonchev–Trinajstić information content (AvgIpc) is 2.95. The van der Waals surface area contributed by atoms with E-state index in [0.717, 1.165) is 45.6 Å². The van der Waals surface area contributed by atoms with Crippen molar-refractivity contribution in [3.63, 3.8) is 0 Å². The third-order valence-electron chi connectivity index (χ3n) is 7.57. The highest BCUT2D eigenvalue weighted by atomic mass is 19.3. The van der Waals surface area contributed by atoms with E-state index in [4.69, 9.17) is 4.74 Å². The third kappa shape index (κ3) is 7.51. The predicted octanol–water partition coefficient (Wildman–Crippen LogP) is 4.62. The maximum absolute atomic E-state index is 12.2. The lowest BCUT2D eigenvalue weighted by molar-refractivity contribution is -0.132. The first-order valence-corrected chi connectivity index (χ1v) is 14.3. The molecule has 5 rings (SSSR count). The van der Waals surface area contributed by atoms with Crippen molar-refractivity contribution in [3.8, 4) is 0 Å². The van der Waals surface area contributed by atoms with Crippen molar-refractivity contribution in [1.29, 1.82) is 0 Å². The number of carbonyl (C=O) groups excluding carboxylic acids is 2. The molecule has 1 aromatic heterocycles. The van der Waals surface area contributed by atoms with Crippen LogP contribution in [-0.4, -0.2) is 65.5 Å². The molecule has 9 nitrogen and oxygen atoms in total. The summed E-state index contributed by atoms with van der Waals surface area (Å²) in [6, 6.07) is 9.48. The number of benzene rings is 1. The van der Waals surface area contributed by atoms with E-state index in [0.29, 0.717) is 17.9 Å². The van der Waals surface area contributed by atoms with Gasteiger partial charge in [-0.25, -0.2) is 9.97 Å². The number of alkyl halides is 2. The molecule has 3 aliphatic rings. The Labute approximate surface area is 235 Å². The van der Waals surface area contributed by atoms with Gasteiger partial charge in [0, 0.05) is 12.4 Å². The molecule has 2 aliphatic heterocycles. The second kappa shape index (κ2) is 15.0. The zero-order chi connectivity index (χ0) is 29.1. The fourth-order valence-corrected chi connectivity index (χ4v) is 5.09. The Morgan fingerprint density at radius 3 is 2.05 bits per heavy atom. The number of likely N-dealkylation sites (tertiary alicyclic amines) is 1. The normalized spacial score (nSPS) is 18.6. The standard InChI is InChI=1S/C25H30F2N6O3.2C2H6/c26-21(27)23(35)32-31-22(34)18-12-28-24(29-13-18)30-25(8-1-9-25)19-4-2-16(3-5-19)17-6-10-33(11-7-17)20-14-36-15-20;2*1-2/h2-5,12-13,17,20-21H,1,6-11,14-15H2,(H,31,34)(H,32,35)(H,28,29,30);2*1-2H3. The zero-order valence-corrected chi connectivity index (χ0v) is 23.9. The Morgan fingerprint density at radius 2 is 1.57 bits per heavy atom. The van der Waals surface area contributed by atoms with Gasteiger partial charge in [0.1, 0.15) is 0 Å². The van der Waals surface area contributed by atoms with Crippen molar-refractivity contribution in [2.75, 3.05) is 31.6 Å². The van der Waals surface area contributed by atoms with E-state index >= 15 is 0 Å². The van der Waals surface area contributed by atoms with E-state index < -0.39 is 18.2 Å². The second-order valence-electron chi connectivity index (χ2n) is 9.72. The van der Waals surface area contributed by atoms with Crippen molar-refractivity contribution in [1.82, 2.24) is 25.7 Å². The first-order valence-electron chi connectivity index (χ1n) is 14.3. The zero-order valence-electron chi connectivity index (χ0n) is 23.9. The number of carbonyl (C=O) groups is 2. The minimum absolute atomic E-state index is 0.0398. The van der Waals surface area contributed by atoms with Crippen molar-refractivity contribution in [3.05, 3.63) is 53.3 Å². The third-order valence-corrected chi connectivity index (χ3v) is 7.57. The van der Waals surface area contributed by atoms with E-state index in [9.17, 15) is 18.4 Å². The van der Waals surface area contributed by atoms with E-state index in [2.05, 4.69) is 44.5 Å². The Balaban J connectivity index is 0.00000106. The molecule has 2 amide bonds. The van der Waals surface area contributed by atoms with E-state index in [1.807, 2.05) is 33.1 Å². The van der Waals surface area contributed by atoms with Crippen LogP contribution in [0, 0.1) is 0 Å². The molecular weight excluding hydrogens is 518 g/mol. The Bertz CT molecular complexity index is 1070. The highest BCUT2D eigenvalue weighted by Crippen LogP contribution is 2.44. The lowest BCUT2D eigenvalue weighted by Crippen LogP contribution is -2.51. The smallest absolute Gasteiger partial charge is 0.317 e. The molecular formula is C29H42F2N6O3. The number of nitrogens with zero attached hydrogens (tertiary/aromatic N) is 3. The van der Waals surface area contributed by atoms with Crippen molar-refractivity contribution >= 4 is 17.8 Å². The maximum Gasteiger partial charge on any atom is 0.317 e. The molecule has 2 saturated heterocycles. The SMILES string of the molecule is CC.CC.O=C(NNC(=O)C(F)F)c1cnc(NC2(c3ccc(C4CCN(C5COC5)CC4)cc3)CCC2)nc1. The fraction of sp³-hybridized carbons (Fsp3) is 0.586. The summed E-state index contributed by atoms with van der Waals surface area (Å²) in [5, 5.41) is 3.43. The van der Waals surface area contributed by atoms with Crippen LogP contribution in [0.2, 0.25) is 0 Å². The summed E-state index contributed by atoms with van der Waals surface area (Å²) in [6.07, 6.45) is 4.66. The van der Waals surface area contributed by atoms with Gasteiger partial charge in [-0.2, -0.15) is 8.78 Å². The molecule has 0 spiro atoms. The van der Waals surface area contributed by atoms with E-state index in [-0.39, 0.29) is 11.1 Å². The largest absolute Gasteiger partial charge is 0.378 e. The van der Waals surface area contributed by atoms with Crippen LogP contribution in [0.25, 0.3) is 0 Å². The molecule has 0 unspecified atom stereocenters. The summed E-state index contributed by atoms with van der Waals surface area (Å²) in [5.74, 6) is -1.42. The molecule has 2 aromatic rings. The number of halogens is 2. The number of piperidine rings is 1. The van der Waals surface area contributed by atoms with Crippen LogP contribution in [-0.2, 0) is 15.1 Å². The number of ether oxygens (including phenoxy) is 1. The highest BCUT2D eigenvalue weighted by Gasteiger charge is 2.39. The first kappa shape index (κ1) is 31.3. The van der Waals surface area contributed by atoms with Crippen molar-refractivity contribution in [2.24, 2.45) is 0 Å². The second-order valence-corrected chi connectivity index (χ2v) is 9.72. The topological polar surface area (TPSA) is 108 Å². The lowest BCUT2D eigenvalue weighted by atomic mass is 9.71. The predicted molar refractivity (Wildman–Crippen MR) is 150 cm³/mol. The number of hydrogen-bond donors (Lipinski definition) is 3. The molecule has 1 aromatic carbocycles. The summed E-state index contributed by atoms with van der Waals surface area (Å²) in [7, 11) is 0. The molecule has 0 atom stereocenters. The van der Waals surface area contributed by atoms with Crippen LogP contribution in [0.5, 0.6) is 0 Å². The Kier molecular flexibility index (Phi) is 11.8. The number of amides is 2. The van der Waals surface area contributed by atoms with Crippen molar-refractivity contribution < 1.29 is 23.1 Å². The Morgan fingerprint density at radius 1 is 0.975 bits per heavy atom. The molecule has 11 heteroatoms. The monoisotopic (exact) mass is 560 g/mol. The molecule has 40 heavy (non-hydrogen) atoms. The van der Waals surface area contributed by atoms with Gasteiger partial charge in [0.25, 0.3) is 5.91 Å². The van der Waals surface area contributed by atoms with Crippen molar-refractivity contribution in [2.45, 2.75) is 83.7 Å². The molecule has 3 fully saturated rings. The van der Waals surface area contributed by atoms with Gasteiger partial charge in [0.05, 0.1) is 30.4 Å². The summed E-state index contributed by atoms with van der Waals surface area (Å²) in [4.78, 5) is 33.9. The number of aromatic nitrogens is 2. The fourth-order valence-electron chi connectivity index (χ4n) is 5.09.